The van der Waals surface area contributed by atoms with Crippen molar-refractivity contribution < 1.29 is 106 Å². The summed E-state index contributed by atoms with van der Waals surface area (Å²) in [5.74, 6) is -4.46. The number of rotatable bonds is 58. The lowest BCUT2D eigenvalue weighted by molar-refractivity contribution is -0.141. The summed E-state index contributed by atoms with van der Waals surface area (Å²) in [5.41, 5.74) is 0. The van der Waals surface area contributed by atoms with Gasteiger partial charge in [-0.15, -0.1) is 0 Å². The Bertz CT molecular complexity index is 1180. The Balaban J connectivity index is 4.22. The van der Waals surface area contributed by atoms with Crippen LogP contribution < -0.4 is 10.6 Å². The zero-order valence-electron chi connectivity index (χ0n) is 42.1. The highest BCUT2D eigenvalue weighted by molar-refractivity contribution is 5.79. The van der Waals surface area contributed by atoms with E-state index in [1.807, 2.05) is 0 Å². The number of nitrogens with zero attached hydrogens (tertiary/aromatic N) is 3. The molecule has 0 saturated carbocycles. The molecule has 0 aromatic rings. The van der Waals surface area contributed by atoms with Crippen molar-refractivity contribution in [3.63, 3.8) is 0 Å². The average molecular weight is 1040 g/mol. The molecule has 0 aliphatic rings. The smallest absolute Gasteiger partial charge is 0.317 e. The van der Waals surface area contributed by atoms with Gasteiger partial charge in [-0.2, -0.15) is 0 Å². The van der Waals surface area contributed by atoms with E-state index in [1.165, 1.54) is 14.7 Å². The molecule has 0 aliphatic heterocycles. The minimum absolute atomic E-state index is 0.0116. The van der Waals surface area contributed by atoms with E-state index in [-0.39, 0.29) is 78.8 Å². The predicted molar refractivity (Wildman–Crippen MR) is 252 cm³/mol. The third-order valence-corrected chi connectivity index (χ3v) is 9.00. The van der Waals surface area contributed by atoms with Gasteiger partial charge in [0.05, 0.1) is 205 Å². The van der Waals surface area contributed by atoms with Crippen molar-refractivity contribution in [1.82, 2.24) is 25.3 Å². The number of hydrogen-bond acceptors (Lipinski definition) is 22. The molecule has 5 N–H and O–H groups in total. The molecule has 0 spiro atoms. The lowest BCUT2D eigenvalue weighted by atomic mass is 10.3. The molecule has 0 saturated heterocycles. The zero-order valence-corrected chi connectivity index (χ0v) is 42.1. The van der Waals surface area contributed by atoms with Crippen molar-refractivity contribution in [3.8, 4) is 0 Å². The second-order valence-corrected chi connectivity index (χ2v) is 14.9. The van der Waals surface area contributed by atoms with Crippen LogP contribution in [0.1, 0.15) is 0 Å². The highest BCUT2D eigenvalue weighted by Gasteiger charge is 2.20. The molecule has 0 bridgehead atoms. The van der Waals surface area contributed by atoms with E-state index < -0.39 is 49.4 Å². The van der Waals surface area contributed by atoms with Gasteiger partial charge in [0.25, 0.3) is 0 Å². The first-order valence-electron chi connectivity index (χ1n) is 23.8. The number of carboxylic acids is 3. The van der Waals surface area contributed by atoms with Gasteiger partial charge in [-0.05, 0) is 0 Å². The molecule has 418 valence electrons. The number of aliphatic carboxylic acids is 3. The van der Waals surface area contributed by atoms with Crippen LogP contribution in [0.15, 0.2) is 0 Å². The molecule has 2 amide bonds. The molecule has 27 heteroatoms. The van der Waals surface area contributed by atoms with E-state index in [1.54, 1.807) is 14.2 Å². The van der Waals surface area contributed by atoms with Crippen LogP contribution in [0.2, 0.25) is 0 Å². The van der Waals surface area contributed by atoms with E-state index in [4.69, 9.17) is 66.3 Å². The van der Waals surface area contributed by atoms with Gasteiger partial charge in [-0.1, -0.05) is 0 Å². The molecule has 27 nitrogen and oxygen atoms in total. The number of methoxy groups -OCH3 is 2. The molecule has 0 aliphatic carbocycles. The number of carbonyl (C=O) groups is 5. The van der Waals surface area contributed by atoms with Crippen molar-refractivity contribution in [2.75, 3.05) is 258 Å². The van der Waals surface area contributed by atoms with Crippen molar-refractivity contribution >= 4 is 29.7 Å². The maximum atomic E-state index is 12.6. The van der Waals surface area contributed by atoms with Crippen molar-refractivity contribution in [2.24, 2.45) is 0 Å². The standard InChI is InChI=1S/C44H85N5O22/c1-58-11-13-62-19-21-66-27-29-70-33-31-68-25-23-64-17-15-60-9-3-45-40(50)35-48(38-43(54)55)7-5-47(37-42(52)53)6-8-49(39-44(56)57)36-41(51)46-4-10-61-16-18-65-24-26-69-32-34-71-30-28-67-22-20-63-14-12-59-2/h3-39H2,1-2H3,(H,45,50)(H,46,51)(H,52,53)(H,54,55)(H,56,57). The summed E-state index contributed by atoms with van der Waals surface area (Å²) in [6.45, 7) is 9.21. The number of hydrogen-bond donors (Lipinski definition) is 5. The van der Waals surface area contributed by atoms with Crippen molar-refractivity contribution in [3.05, 3.63) is 0 Å². The summed E-state index contributed by atoms with van der Waals surface area (Å²) in [4.78, 5) is 64.3. The Hall–Kier alpha value is -3.33. The largest absolute Gasteiger partial charge is 0.480 e. The molecule has 0 unspecified atom stereocenters. The van der Waals surface area contributed by atoms with E-state index >= 15 is 0 Å². The summed E-state index contributed by atoms with van der Waals surface area (Å²) < 4.78 is 74.8. The molecular formula is C44H85N5O22. The normalized spacial score (nSPS) is 11.6. The van der Waals surface area contributed by atoms with Gasteiger partial charge in [0, 0.05) is 53.5 Å². The highest BCUT2D eigenvalue weighted by Crippen LogP contribution is 1.98. The van der Waals surface area contributed by atoms with Gasteiger partial charge >= 0.3 is 17.9 Å². The molecule has 0 heterocycles. The molecule has 0 rings (SSSR count). The van der Waals surface area contributed by atoms with Crippen LogP contribution in [0.4, 0.5) is 0 Å². The maximum absolute atomic E-state index is 12.6. The summed E-state index contributed by atoms with van der Waals surface area (Å²) in [6, 6.07) is 0. The fourth-order valence-electron chi connectivity index (χ4n) is 5.57. The summed E-state index contributed by atoms with van der Waals surface area (Å²) in [7, 11) is 3.23. The Kier molecular flexibility index (Phi) is 50.5. The highest BCUT2D eigenvalue weighted by atomic mass is 16.6. The van der Waals surface area contributed by atoms with Crippen LogP contribution in [0.3, 0.4) is 0 Å². The minimum atomic E-state index is -1.19. The zero-order chi connectivity index (χ0) is 52.1. The van der Waals surface area contributed by atoms with Crippen LogP contribution in [0.25, 0.3) is 0 Å². The fraction of sp³-hybridized carbons (Fsp3) is 0.886. The Labute approximate surface area is 418 Å². The Morgan fingerprint density at radius 3 is 0.718 bits per heavy atom. The SMILES string of the molecule is COCCOCCOCCOCCOCCOCCOCCNC(=O)CN(CCN(CCN(CC(=O)O)CC(=O)NCCOCCOCCOCCOCCOCCOCCOC)CC(=O)O)CC(=O)O. The lowest BCUT2D eigenvalue weighted by Crippen LogP contribution is -2.47. The third kappa shape index (κ3) is 52.8. The van der Waals surface area contributed by atoms with Gasteiger partial charge in [-0.3, -0.25) is 38.7 Å². The van der Waals surface area contributed by atoms with Crippen LogP contribution in [0, 0.1) is 0 Å². The first kappa shape index (κ1) is 67.7. The molecular weight excluding hydrogens is 950 g/mol. The predicted octanol–water partition coefficient (Wildman–Crippen LogP) is -3.13. The van der Waals surface area contributed by atoms with Crippen molar-refractivity contribution in [2.45, 2.75) is 0 Å². The average Bonchev–Trinajstić information content (AvgIpc) is 3.32. The van der Waals surface area contributed by atoms with Crippen molar-refractivity contribution in [1.29, 1.82) is 0 Å². The van der Waals surface area contributed by atoms with E-state index in [9.17, 15) is 39.3 Å². The number of nitrogens with one attached hydrogen (secondary N) is 2. The molecule has 71 heavy (non-hydrogen) atoms. The van der Waals surface area contributed by atoms with E-state index in [0.29, 0.717) is 145 Å². The number of carbonyl (C=O) groups excluding carboxylic acids is 2. The quantitative estimate of drug-likeness (QED) is 0.0376. The maximum Gasteiger partial charge on any atom is 0.317 e. The molecule has 0 atom stereocenters. The Morgan fingerprint density at radius 1 is 0.296 bits per heavy atom. The van der Waals surface area contributed by atoms with Crippen LogP contribution in [0.5, 0.6) is 0 Å². The fourth-order valence-corrected chi connectivity index (χ4v) is 5.57. The number of amides is 2. The minimum Gasteiger partial charge on any atom is -0.480 e. The monoisotopic (exact) mass is 1040 g/mol. The van der Waals surface area contributed by atoms with Gasteiger partial charge in [0.15, 0.2) is 0 Å². The first-order valence-corrected chi connectivity index (χ1v) is 23.8. The second-order valence-electron chi connectivity index (χ2n) is 14.9. The van der Waals surface area contributed by atoms with E-state index in [2.05, 4.69) is 10.6 Å². The summed E-state index contributed by atoms with van der Waals surface area (Å²) in [6.07, 6.45) is 0. The van der Waals surface area contributed by atoms with Crippen LogP contribution >= 0.6 is 0 Å². The van der Waals surface area contributed by atoms with Gasteiger partial charge in [-0.25, -0.2) is 0 Å². The summed E-state index contributed by atoms with van der Waals surface area (Å²) in [5, 5.41) is 33.8. The third-order valence-electron chi connectivity index (χ3n) is 9.00. The van der Waals surface area contributed by atoms with Gasteiger partial charge < -0.3 is 92.3 Å². The topological polar surface area (TPSA) is 309 Å². The molecule has 0 aromatic carbocycles. The van der Waals surface area contributed by atoms with E-state index in [0.717, 1.165) is 0 Å². The van der Waals surface area contributed by atoms with Crippen LogP contribution in [-0.2, 0) is 90.3 Å². The van der Waals surface area contributed by atoms with Gasteiger partial charge in [0.2, 0.25) is 11.8 Å². The number of ether oxygens (including phenoxy) is 14. The van der Waals surface area contributed by atoms with Gasteiger partial charge in [0.1, 0.15) is 0 Å². The lowest BCUT2D eigenvalue weighted by Gasteiger charge is -2.28. The number of carboxylic acid groups (broad SMARTS) is 3. The first-order chi connectivity index (χ1) is 34.6. The Morgan fingerprint density at radius 2 is 0.493 bits per heavy atom. The molecule has 0 aromatic heterocycles. The second kappa shape index (κ2) is 53.0. The molecule has 0 radical (unpaired) electrons. The molecule has 0 fully saturated rings. The summed E-state index contributed by atoms with van der Waals surface area (Å²) >= 11 is 0. The van der Waals surface area contributed by atoms with Crippen LogP contribution in [-0.4, -0.2) is 318 Å².